The number of benzene rings is 1. The number of hydrogen-bond donors (Lipinski definition) is 1. The molecule has 1 aromatic carbocycles. The van der Waals surface area contributed by atoms with Crippen molar-refractivity contribution in [2.24, 2.45) is 0 Å². The van der Waals surface area contributed by atoms with Crippen LogP contribution in [0, 0.1) is 0 Å². The van der Waals surface area contributed by atoms with E-state index in [0.717, 1.165) is 12.0 Å². The summed E-state index contributed by atoms with van der Waals surface area (Å²) in [5, 5.41) is 0. The Morgan fingerprint density at radius 1 is 1.25 bits per heavy atom. The molecule has 0 bridgehead atoms. The second-order valence-corrected chi connectivity index (χ2v) is 4.17. The molecule has 2 aromatic rings. The van der Waals surface area contributed by atoms with Crippen LogP contribution in [-0.4, -0.2) is 24.7 Å². The van der Waals surface area contributed by atoms with Gasteiger partial charge in [0, 0.05) is 24.5 Å². The lowest BCUT2D eigenvalue weighted by atomic mass is 10.1. The zero-order valence-corrected chi connectivity index (χ0v) is 11.2. The highest BCUT2D eigenvalue weighted by Crippen LogP contribution is 2.25. The second-order valence-electron chi connectivity index (χ2n) is 4.17. The number of pyridine rings is 1. The monoisotopic (exact) mass is 272 g/mol. The Balaban J connectivity index is 2.06. The molecule has 1 aromatic heterocycles. The minimum absolute atomic E-state index is 0.268. The fourth-order valence-electron chi connectivity index (χ4n) is 1.82. The predicted molar refractivity (Wildman–Crippen MR) is 75.6 cm³/mol. The zero-order valence-electron chi connectivity index (χ0n) is 11.2. The van der Waals surface area contributed by atoms with Crippen LogP contribution in [0.5, 0.6) is 5.75 Å². The number of nitrogens with two attached hydrogens (primary N) is 1. The molecule has 5 nitrogen and oxygen atoms in total. The summed E-state index contributed by atoms with van der Waals surface area (Å²) in [5.41, 5.74) is 7.52. The van der Waals surface area contributed by atoms with Gasteiger partial charge in [0.25, 0.3) is 0 Å². The van der Waals surface area contributed by atoms with Gasteiger partial charge in [-0.2, -0.15) is 0 Å². The van der Waals surface area contributed by atoms with Crippen LogP contribution in [0.4, 0.5) is 5.69 Å². The number of aromatic nitrogens is 1. The normalized spacial score (nSPS) is 10.1. The van der Waals surface area contributed by atoms with Crippen LogP contribution in [0.2, 0.25) is 0 Å². The number of ether oxygens (including phenoxy) is 2. The molecule has 0 aliphatic heterocycles. The number of hydrogen-bond acceptors (Lipinski definition) is 5. The Morgan fingerprint density at radius 3 is 2.70 bits per heavy atom. The number of nitrogens with zero attached hydrogens (tertiary/aromatic N) is 1. The van der Waals surface area contributed by atoms with Crippen molar-refractivity contribution < 1.29 is 14.3 Å². The number of esters is 1. The summed E-state index contributed by atoms with van der Waals surface area (Å²) in [4.78, 5) is 15.7. The third-order valence-electron chi connectivity index (χ3n) is 2.85. The fourth-order valence-corrected chi connectivity index (χ4v) is 1.82. The SMILES string of the molecule is COC(=O)c1c(N)cccc1OCCc1ccncc1. The second kappa shape index (κ2) is 6.56. The van der Waals surface area contributed by atoms with E-state index < -0.39 is 5.97 Å². The zero-order chi connectivity index (χ0) is 14.4. The lowest BCUT2D eigenvalue weighted by Gasteiger charge is -2.12. The Hall–Kier alpha value is -2.56. The molecule has 2 rings (SSSR count). The number of rotatable bonds is 5. The number of methoxy groups -OCH3 is 1. The first-order valence-corrected chi connectivity index (χ1v) is 6.21. The average molecular weight is 272 g/mol. The molecule has 0 fully saturated rings. The third-order valence-corrected chi connectivity index (χ3v) is 2.85. The standard InChI is InChI=1S/C15H16N2O3/c1-19-15(18)14-12(16)3-2-4-13(14)20-10-7-11-5-8-17-9-6-11/h2-6,8-9H,7,10,16H2,1H3. The van der Waals surface area contributed by atoms with E-state index in [9.17, 15) is 4.79 Å². The molecule has 0 aliphatic carbocycles. The average Bonchev–Trinajstić information content (AvgIpc) is 2.48. The van der Waals surface area contributed by atoms with Crippen LogP contribution in [0.15, 0.2) is 42.7 Å². The van der Waals surface area contributed by atoms with E-state index in [4.69, 9.17) is 15.2 Å². The summed E-state index contributed by atoms with van der Waals surface area (Å²) in [5.74, 6) is -0.0621. The van der Waals surface area contributed by atoms with E-state index in [0.29, 0.717) is 18.0 Å². The van der Waals surface area contributed by atoms with E-state index in [-0.39, 0.29) is 5.56 Å². The van der Waals surface area contributed by atoms with Crippen LogP contribution in [0.25, 0.3) is 0 Å². The maximum Gasteiger partial charge on any atom is 0.343 e. The molecule has 0 spiro atoms. The number of nitrogen functional groups attached to an aromatic ring is 1. The molecule has 0 radical (unpaired) electrons. The first kappa shape index (κ1) is 13.9. The van der Waals surface area contributed by atoms with Gasteiger partial charge < -0.3 is 15.2 Å². The molecular formula is C15H16N2O3. The van der Waals surface area contributed by atoms with Crippen LogP contribution >= 0.6 is 0 Å². The largest absolute Gasteiger partial charge is 0.492 e. The lowest BCUT2D eigenvalue weighted by Crippen LogP contribution is -2.10. The molecule has 1 heterocycles. The topological polar surface area (TPSA) is 74.4 Å². The smallest absolute Gasteiger partial charge is 0.343 e. The van der Waals surface area contributed by atoms with Crippen molar-refractivity contribution in [2.75, 3.05) is 19.5 Å². The summed E-state index contributed by atoms with van der Waals surface area (Å²) in [6.45, 7) is 0.442. The van der Waals surface area contributed by atoms with Crippen molar-refractivity contribution in [3.05, 3.63) is 53.9 Å². The molecular weight excluding hydrogens is 256 g/mol. The number of carbonyl (C=O) groups is 1. The van der Waals surface area contributed by atoms with Crippen LogP contribution < -0.4 is 10.5 Å². The van der Waals surface area contributed by atoms with Gasteiger partial charge in [-0.25, -0.2) is 4.79 Å². The van der Waals surface area contributed by atoms with Gasteiger partial charge in [-0.3, -0.25) is 4.98 Å². The maximum absolute atomic E-state index is 11.7. The van der Waals surface area contributed by atoms with Gasteiger partial charge in [0.15, 0.2) is 0 Å². The fraction of sp³-hybridized carbons (Fsp3) is 0.200. The van der Waals surface area contributed by atoms with Gasteiger partial charge in [0.1, 0.15) is 11.3 Å². The Morgan fingerprint density at radius 2 is 2.00 bits per heavy atom. The highest BCUT2D eigenvalue weighted by Gasteiger charge is 2.16. The van der Waals surface area contributed by atoms with Gasteiger partial charge in [0.05, 0.1) is 13.7 Å². The maximum atomic E-state index is 11.7. The van der Waals surface area contributed by atoms with Gasteiger partial charge in [0.2, 0.25) is 0 Å². The molecule has 104 valence electrons. The molecule has 0 atom stereocenters. The quantitative estimate of drug-likeness (QED) is 0.666. The number of carbonyl (C=O) groups excluding carboxylic acids is 1. The Bertz CT molecular complexity index is 585. The molecule has 2 N–H and O–H groups in total. The minimum Gasteiger partial charge on any atom is -0.492 e. The molecule has 0 aliphatic rings. The summed E-state index contributed by atoms with van der Waals surface area (Å²) < 4.78 is 10.4. The van der Waals surface area contributed by atoms with Crippen LogP contribution in [0.3, 0.4) is 0 Å². The van der Waals surface area contributed by atoms with Crippen molar-refractivity contribution >= 4 is 11.7 Å². The minimum atomic E-state index is -0.498. The highest BCUT2D eigenvalue weighted by atomic mass is 16.5. The van der Waals surface area contributed by atoms with Crippen molar-refractivity contribution in [3.8, 4) is 5.75 Å². The van der Waals surface area contributed by atoms with Crippen molar-refractivity contribution in [1.29, 1.82) is 0 Å². The molecule has 20 heavy (non-hydrogen) atoms. The summed E-state index contributed by atoms with van der Waals surface area (Å²) in [6, 6.07) is 8.93. The van der Waals surface area contributed by atoms with E-state index in [1.54, 1.807) is 30.6 Å². The highest BCUT2D eigenvalue weighted by molar-refractivity contribution is 5.98. The van der Waals surface area contributed by atoms with Crippen molar-refractivity contribution in [2.45, 2.75) is 6.42 Å². The lowest BCUT2D eigenvalue weighted by molar-refractivity contribution is 0.0597. The Labute approximate surface area is 117 Å². The first-order valence-electron chi connectivity index (χ1n) is 6.21. The van der Waals surface area contributed by atoms with Gasteiger partial charge in [-0.15, -0.1) is 0 Å². The van der Waals surface area contributed by atoms with E-state index in [2.05, 4.69) is 4.98 Å². The molecule has 0 saturated carbocycles. The summed E-state index contributed by atoms with van der Waals surface area (Å²) in [6.07, 6.45) is 4.18. The van der Waals surface area contributed by atoms with E-state index in [1.165, 1.54) is 7.11 Å². The van der Waals surface area contributed by atoms with E-state index >= 15 is 0 Å². The summed E-state index contributed by atoms with van der Waals surface area (Å²) in [7, 11) is 1.32. The summed E-state index contributed by atoms with van der Waals surface area (Å²) >= 11 is 0. The van der Waals surface area contributed by atoms with Crippen molar-refractivity contribution in [3.63, 3.8) is 0 Å². The predicted octanol–water partition coefficient (Wildman–Crippen LogP) is 2.07. The Kier molecular flexibility index (Phi) is 4.55. The van der Waals surface area contributed by atoms with Gasteiger partial charge in [-0.1, -0.05) is 6.07 Å². The van der Waals surface area contributed by atoms with Gasteiger partial charge in [-0.05, 0) is 29.8 Å². The van der Waals surface area contributed by atoms with Crippen molar-refractivity contribution in [1.82, 2.24) is 4.98 Å². The molecule has 0 amide bonds. The third kappa shape index (κ3) is 3.26. The van der Waals surface area contributed by atoms with Gasteiger partial charge >= 0.3 is 5.97 Å². The number of anilines is 1. The van der Waals surface area contributed by atoms with E-state index in [1.807, 2.05) is 12.1 Å². The van der Waals surface area contributed by atoms with Crippen LogP contribution in [0.1, 0.15) is 15.9 Å². The molecule has 5 heteroatoms. The first-order chi connectivity index (χ1) is 9.72. The van der Waals surface area contributed by atoms with Crippen LogP contribution in [-0.2, 0) is 11.2 Å². The molecule has 0 unspecified atom stereocenters. The molecule has 0 saturated heterocycles.